The van der Waals surface area contributed by atoms with Crippen LogP contribution in [0.2, 0.25) is 0 Å². The van der Waals surface area contributed by atoms with Crippen LogP contribution < -0.4 is 4.74 Å². The lowest BCUT2D eigenvalue weighted by Gasteiger charge is -2.11. The molecule has 0 N–H and O–H groups in total. The van der Waals surface area contributed by atoms with Gasteiger partial charge in [-0.05, 0) is 41.5 Å². The molecule has 1 heterocycles. The molecule has 1 saturated carbocycles. The Bertz CT molecular complexity index is 376. The van der Waals surface area contributed by atoms with Crippen LogP contribution in [0.1, 0.15) is 18.5 Å². The van der Waals surface area contributed by atoms with Crippen molar-refractivity contribution in [2.75, 3.05) is 0 Å². The van der Waals surface area contributed by atoms with Crippen LogP contribution in [0.4, 0.5) is 13.2 Å². The lowest BCUT2D eigenvalue weighted by Crippen LogP contribution is -2.12. The quantitative estimate of drug-likeness (QED) is 0.777. The zero-order valence-corrected chi connectivity index (χ0v) is 9.67. The second kappa shape index (κ2) is 3.80. The highest BCUT2D eigenvalue weighted by atomic mass is 127. The van der Waals surface area contributed by atoms with Gasteiger partial charge >= 0.3 is 6.18 Å². The van der Waals surface area contributed by atoms with Crippen molar-refractivity contribution in [3.8, 4) is 5.75 Å². The third-order valence-electron chi connectivity index (χ3n) is 1.94. The Morgan fingerprint density at radius 1 is 1.40 bits per heavy atom. The zero-order chi connectivity index (χ0) is 11.1. The maximum absolute atomic E-state index is 12.5. The van der Waals surface area contributed by atoms with Gasteiger partial charge in [0.2, 0.25) is 0 Å². The van der Waals surface area contributed by atoms with Gasteiger partial charge in [-0.3, -0.25) is 4.98 Å². The number of nitrogens with zero attached hydrogens (tertiary/aromatic N) is 1. The molecule has 0 bridgehead atoms. The number of hydrogen-bond acceptors (Lipinski definition) is 2. The molecule has 1 aliphatic carbocycles. The fraction of sp³-hybridized carbons (Fsp3) is 0.444. The van der Waals surface area contributed by atoms with E-state index in [1.165, 1.54) is 6.07 Å². The summed E-state index contributed by atoms with van der Waals surface area (Å²) in [7, 11) is 0. The summed E-state index contributed by atoms with van der Waals surface area (Å²) in [4.78, 5) is 3.33. The third-order valence-corrected chi connectivity index (χ3v) is 2.98. The number of hydrogen-bond donors (Lipinski definition) is 0. The summed E-state index contributed by atoms with van der Waals surface area (Å²) >= 11 is 1.62. The monoisotopic (exact) mass is 329 g/mol. The largest absolute Gasteiger partial charge is 0.489 e. The fourth-order valence-electron chi connectivity index (χ4n) is 1.08. The first-order valence-corrected chi connectivity index (χ1v) is 5.44. The van der Waals surface area contributed by atoms with E-state index in [0.29, 0.717) is 0 Å². The second-order valence-corrected chi connectivity index (χ2v) is 4.37. The van der Waals surface area contributed by atoms with Gasteiger partial charge in [-0.1, -0.05) is 0 Å². The Morgan fingerprint density at radius 3 is 2.60 bits per heavy atom. The summed E-state index contributed by atoms with van der Waals surface area (Å²) in [5.41, 5.74) is -0.874. The molecule has 6 heteroatoms. The van der Waals surface area contributed by atoms with Gasteiger partial charge in [0, 0.05) is 6.20 Å². The van der Waals surface area contributed by atoms with Gasteiger partial charge < -0.3 is 4.74 Å². The summed E-state index contributed by atoms with van der Waals surface area (Å²) < 4.78 is 42.8. The second-order valence-electron chi connectivity index (χ2n) is 3.29. The van der Waals surface area contributed by atoms with E-state index < -0.39 is 11.9 Å². The number of pyridine rings is 1. The molecule has 0 amide bonds. The predicted octanol–water partition coefficient (Wildman–Crippen LogP) is 3.25. The minimum atomic E-state index is -4.42. The Labute approximate surface area is 98.0 Å². The molecule has 0 spiro atoms. The van der Waals surface area contributed by atoms with Crippen molar-refractivity contribution in [1.82, 2.24) is 4.98 Å². The van der Waals surface area contributed by atoms with Gasteiger partial charge in [0.15, 0.2) is 5.69 Å². The van der Waals surface area contributed by atoms with Crippen LogP contribution in [-0.4, -0.2) is 11.1 Å². The molecule has 1 fully saturated rings. The molecular formula is C9H7F3INO. The van der Waals surface area contributed by atoms with E-state index in [9.17, 15) is 13.2 Å². The van der Waals surface area contributed by atoms with Crippen LogP contribution in [0.15, 0.2) is 12.3 Å². The van der Waals surface area contributed by atoms with E-state index in [4.69, 9.17) is 4.74 Å². The van der Waals surface area contributed by atoms with Crippen molar-refractivity contribution in [2.45, 2.75) is 25.1 Å². The molecule has 0 aliphatic heterocycles. The first-order valence-electron chi connectivity index (χ1n) is 4.37. The van der Waals surface area contributed by atoms with E-state index in [1.807, 2.05) is 0 Å². The molecule has 2 rings (SSSR count). The van der Waals surface area contributed by atoms with Gasteiger partial charge in [-0.25, -0.2) is 0 Å². The number of aromatic nitrogens is 1. The minimum Gasteiger partial charge on any atom is -0.489 e. The summed E-state index contributed by atoms with van der Waals surface area (Å²) in [6.45, 7) is 0. The van der Waals surface area contributed by atoms with Crippen molar-refractivity contribution >= 4 is 22.6 Å². The zero-order valence-electron chi connectivity index (χ0n) is 7.51. The molecular weight excluding hydrogens is 322 g/mol. The van der Waals surface area contributed by atoms with Crippen LogP contribution in [0.25, 0.3) is 0 Å². The van der Waals surface area contributed by atoms with Crippen molar-refractivity contribution in [1.29, 1.82) is 0 Å². The fourth-order valence-corrected chi connectivity index (χ4v) is 1.83. The number of ether oxygens (including phenoxy) is 1. The summed E-state index contributed by atoms with van der Waals surface area (Å²) in [5.74, 6) is 0.278. The molecule has 82 valence electrons. The molecule has 0 saturated heterocycles. The van der Waals surface area contributed by atoms with Gasteiger partial charge in [-0.15, -0.1) is 0 Å². The first kappa shape index (κ1) is 11.0. The Hall–Kier alpha value is -0.530. The Balaban J connectivity index is 2.31. The average molecular weight is 329 g/mol. The molecule has 0 unspecified atom stereocenters. The highest BCUT2D eigenvalue weighted by molar-refractivity contribution is 14.1. The third kappa shape index (κ3) is 2.53. The van der Waals surface area contributed by atoms with Crippen LogP contribution in [0.3, 0.4) is 0 Å². The number of alkyl halides is 3. The van der Waals surface area contributed by atoms with Gasteiger partial charge in [0.05, 0.1) is 9.67 Å². The lowest BCUT2D eigenvalue weighted by molar-refractivity contribution is -0.142. The predicted molar refractivity (Wildman–Crippen MR) is 55.6 cm³/mol. The summed E-state index contributed by atoms with van der Waals surface area (Å²) in [6, 6.07) is 1.47. The van der Waals surface area contributed by atoms with Crippen LogP contribution in [0, 0.1) is 3.57 Å². The first-order chi connectivity index (χ1) is 6.98. The molecule has 0 aromatic carbocycles. The van der Waals surface area contributed by atoms with Gasteiger partial charge in [-0.2, -0.15) is 13.2 Å². The van der Waals surface area contributed by atoms with Crippen LogP contribution >= 0.6 is 22.6 Å². The van der Waals surface area contributed by atoms with E-state index in [-0.39, 0.29) is 15.4 Å². The number of halogens is 4. The van der Waals surface area contributed by atoms with Crippen molar-refractivity contribution in [3.05, 3.63) is 21.5 Å². The molecule has 1 aromatic rings. The molecule has 1 aliphatic rings. The van der Waals surface area contributed by atoms with E-state index in [0.717, 1.165) is 19.0 Å². The summed E-state index contributed by atoms with van der Waals surface area (Å²) in [6.07, 6.45) is -1.37. The van der Waals surface area contributed by atoms with Crippen molar-refractivity contribution in [2.24, 2.45) is 0 Å². The summed E-state index contributed by atoms with van der Waals surface area (Å²) in [5, 5.41) is 0. The topological polar surface area (TPSA) is 22.1 Å². The SMILES string of the molecule is FC(F)(F)c1nccc(OC2CC2)c1I. The standard InChI is InChI=1S/C9H7F3INO/c10-9(11,12)8-7(13)6(3-4-14-8)15-5-1-2-5/h3-5H,1-2H2. The highest BCUT2D eigenvalue weighted by Crippen LogP contribution is 2.37. The number of rotatable bonds is 2. The van der Waals surface area contributed by atoms with Gasteiger partial charge in [0.1, 0.15) is 5.75 Å². The molecule has 15 heavy (non-hydrogen) atoms. The Kier molecular flexibility index (Phi) is 2.78. The van der Waals surface area contributed by atoms with Crippen molar-refractivity contribution in [3.63, 3.8) is 0 Å². The molecule has 0 atom stereocenters. The molecule has 1 aromatic heterocycles. The molecule has 0 radical (unpaired) electrons. The Morgan fingerprint density at radius 2 is 2.07 bits per heavy atom. The van der Waals surface area contributed by atoms with Crippen LogP contribution in [0.5, 0.6) is 5.75 Å². The molecule has 2 nitrogen and oxygen atoms in total. The highest BCUT2D eigenvalue weighted by Gasteiger charge is 2.36. The minimum absolute atomic E-state index is 0.0366. The smallest absolute Gasteiger partial charge is 0.434 e. The average Bonchev–Trinajstić information content (AvgIpc) is 2.90. The van der Waals surface area contributed by atoms with E-state index in [2.05, 4.69) is 4.98 Å². The lowest BCUT2D eigenvalue weighted by atomic mass is 10.3. The van der Waals surface area contributed by atoms with E-state index >= 15 is 0 Å². The van der Waals surface area contributed by atoms with E-state index in [1.54, 1.807) is 22.6 Å². The van der Waals surface area contributed by atoms with Crippen molar-refractivity contribution < 1.29 is 17.9 Å². The normalized spacial score (nSPS) is 16.5. The maximum Gasteiger partial charge on any atom is 0.434 e. The van der Waals surface area contributed by atoms with Crippen LogP contribution in [-0.2, 0) is 6.18 Å². The van der Waals surface area contributed by atoms with Gasteiger partial charge in [0.25, 0.3) is 0 Å². The maximum atomic E-state index is 12.5.